The van der Waals surface area contributed by atoms with Crippen molar-refractivity contribution in [2.45, 2.75) is 46.6 Å². The second-order valence-corrected chi connectivity index (χ2v) is 4.32. The summed E-state index contributed by atoms with van der Waals surface area (Å²) in [5.74, 6) is 0.675. The topological polar surface area (TPSA) is 24.9 Å². The first-order valence-electron chi connectivity index (χ1n) is 6.39. The van der Waals surface area contributed by atoms with Crippen LogP contribution in [0, 0.1) is 12.8 Å². The molecule has 16 heavy (non-hydrogen) atoms. The molecule has 0 aromatic carbocycles. The predicted molar refractivity (Wildman–Crippen MR) is 69.5 cm³/mol. The van der Waals surface area contributed by atoms with Crippen molar-refractivity contribution in [3.05, 3.63) is 29.6 Å². The Morgan fingerprint density at radius 1 is 1.25 bits per heavy atom. The molecule has 0 aliphatic rings. The summed E-state index contributed by atoms with van der Waals surface area (Å²) < 4.78 is 0. The highest BCUT2D eigenvalue weighted by molar-refractivity contribution is 5.21. The van der Waals surface area contributed by atoms with E-state index in [9.17, 15) is 0 Å². The fraction of sp³-hybridized carbons (Fsp3) is 0.643. The molecule has 0 aliphatic carbocycles. The van der Waals surface area contributed by atoms with Gasteiger partial charge in [0, 0.05) is 6.20 Å². The molecule has 1 heterocycles. The second kappa shape index (κ2) is 6.64. The Bertz CT molecular complexity index is 305. The predicted octanol–water partition coefficient (Wildman–Crippen LogP) is 3.48. The standard InChI is InChI=1S/C14H24N2/c1-5-12(6-2)14(15-7-3)13-11(4)9-8-10-16-13/h8-10,12,14-15H,5-7H2,1-4H3. The van der Waals surface area contributed by atoms with Crippen molar-refractivity contribution in [2.24, 2.45) is 5.92 Å². The second-order valence-electron chi connectivity index (χ2n) is 4.32. The summed E-state index contributed by atoms with van der Waals surface area (Å²) in [5.41, 5.74) is 2.51. The van der Waals surface area contributed by atoms with Crippen molar-refractivity contribution in [1.82, 2.24) is 10.3 Å². The zero-order valence-corrected chi connectivity index (χ0v) is 11.0. The van der Waals surface area contributed by atoms with Gasteiger partial charge in [0.15, 0.2) is 0 Å². The minimum absolute atomic E-state index is 0.404. The molecule has 0 saturated carbocycles. The molecule has 2 heteroatoms. The Kier molecular flexibility index (Phi) is 5.47. The summed E-state index contributed by atoms with van der Waals surface area (Å²) in [6.45, 7) is 9.83. The number of hydrogen-bond acceptors (Lipinski definition) is 2. The highest BCUT2D eigenvalue weighted by Gasteiger charge is 2.21. The first-order valence-corrected chi connectivity index (χ1v) is 6.39. The van der Waals surface area contributed by atoms with Crippen LogP contribution in [0.15, 0.2) is 18.3 Å². The summed E-state index contributed by atoms with van der Waals surface area (Å²) in [7, 11) is 0. The number of pyridine rings is 1. The molecule has 1 atom stereocenters. The van der Waals surface area contributed by atoms with E-state index in [2.05, 4.69) is 44.1 Å². The molecule has 0 radical (unpaired) electrons. The van der Waals surface area contributed by atoms with Gasteiger partial charge >= 0.3 is 0 Å². The number of aromatic nitrogens is 1. The molecule has 90 valence electrons. The molecule has 2 nitrogen and oxygen atoms in total. The first kappa shape index (κ1) is 13.2. The molecule has 1 N–H and O–H groups in total. The molecular formula is C14H24N2. The maximum atomic E-state index is 4.55. The van der Waals surface area contributed by atoms with Crippen LogP contribution in [-0.4, -0.2) is 11.5 Å². The van der Waals surface area contributed by atoms with Gasteiger partial charge in [-0.3, -0.25) is 4.98 Å². The van der Waals surface area contributed by atoms with Crippen LogP contribution in [0.4, 0.5) is 0 Å². The summed E-state index contributed by atoms with van der Waals surface area (Å²) in [5, 5.41) is 3.58. The highest BCUT2D eigenvalue weighted by atomic mass is 14.9. The van der Waals surface area contributed by atoms with Gasteiger partial charge in [-0.25, -0.2) is 0 Å². The van der Waals surface area contributed by atoms with Crippen molar-refractivity contribution in [1.29, 1.82) is 0 Å². The molecule has 0 bridgehead atoms. The summed E-state index contributed by atoms with van der Waals surface area (Å²) in [6.07, 6.45) is 4.30. The Labute approximate surface area is 99.5 Å². The minimum atomic E-state index is 0.404. The van der Waals surface area contributed by atoms with E-state index >= 15 is 0 Å². The molecule has 1 aromatic rings. The largest absolute Gasteiger partial charge is 0.309 e. The monoisotopic (exact) mass is 220 g/mol. The van der Waals surface area contributed by atoms with E-state index in [0.717, 1.165) is 6.54 Å². The van der Waals surface area contributed by atoms with E-state index in [1.54, 1.807) is 0 Å². The Hall–Kier alpha value is -0.890. The quantitative estimate of drug-likeness (QED) is 0.794. The first-order chi connectivity index (χ1) is 7.74. The fourth-order valence-corrected chi connectivity index (χ4v) is 2.29. The molecular weight excluding hydrogens is 196 g/mol. The summed E-state index contributed by atoms with van der Waals surface area (Å²) in [4.78, 5) is 4.55. The van der Waals surface area contributed by atoms with Gasteiger partial charge in [0.2, 0.25) is 0 Å². The lowest BCUT2D eigenvalue weighted by molar-refractivity contribution is 0.339. The van der Waals surface area contributed by atoms with E-state index in [0.29, 0.717) is 12.0 Å². The number of nitrogens with zero attached hydrogens (tertiary/aromatic N) is 1. The lowest BCUT2D eigenvalue weighted by atomic mass is 9.90. The lowest BCUT2D eigenvalue weighted by Gasteiger charge is -2.26. The van der Waals surface area contributed by atoms with Crippen molar-refractivity contribution >= 4 is 0 Å². The van der Waals surface area contributed by atoms with Crippen molar-refractivity contribution in [3.8, 4) is 0 Å². The molecule has 1 aromatic heterocycles. The van der Waals surface area contributed by atoms with E-state index in [1.807, 2.05) is 12.3 Å². The van der Waals surface area contributed by atoms with Gasteiger partial charge in [-0.2, -0.15) is 0 Å². The number of nitrogens with one attached hydrogen (secondary N) is 1. The summed E-state index contributed by atoms with van der Waals surface area (Å²) in [6, 6.07) is 4.56. The van der Waals surface area contributed by atoms with Crippen LogP contribution in [0.3, 0.4) is 0 Å². The smallest absolute Gasteiger partial charge is 0.0605 e. The van der Waals surface area contributed by atoms with Crippen molar-refractivity contribution in [2.75, 3.05) is 6.54 Å². The van der Waals surface area contributed by atoms with Crippen LogP contribution < -0.4 is 5.32 Å². The molecule has 0 amide bonds. The number of hydrogen-bond donors (Lipinski definition) is 1. The SMILES string of the molecule is CCNC(c1ncccc1C)C(CC)CC. The van der Waals surface area contributed by atoms with Crippen LogP contribution >= 0.6 is 0 Å². The van der Waals surface area contributed by atoms with Crippen molar-refractivity contribution < 1.29 is 0 Å². The van der Waals surface area contributed by atoms with Crippen LogP contribution in [0.2, 0.25) is 0 Å². The average Bonchev–Trinajstić information content (AvgIpc) is 2.30. The van der Waals surface area contributed by atoms with E-state index in [1.165, 1.54) is 24.1 Å². The Balaban J connectivity index is 2.97. The van der Waals surface area contributed by atoms with Gasteiger partial charge in [0.1, 0.15) is 0 Å². The number of aryl methyl sites for hydroxylation is 1. The molecule has 1 rings (SSSR count). The van der Waals surface area contributed by atoms with Crippen molar-refractivity contribution in [3.63, 3.8) is 0 Å². The minimum Gasteiger partial charge on any atom is -0.309 e. The molecule has 0 saturated heterocycles. The fourth-order valence-electron chi connectivity index (χ4n) is 2.29. The molecule has 0 aliphatic heterocycles. The maximum absolute atomic E-state index is 4.55. The normalized spacial score (nSPS) is 13.1. The van der Waals surface area contributed by atoms with Crippen LogP contribution in [0.5, 0.6) is 0 Å². The van der Waals surface area contributed by atoms with Gasteiger partial charge in [0.25, 0.3) is 0 Å². The maximum Gasteiger partial charge on any atom is 0.0605 e. The van der Waals surface area contributed by atoms with Gasteiger partial charge in [-0.15, -0.1) is 0 Å². The third kappa shape index (κ3) is 3.05. The molecule has 1 unspecified atom stereocenters. The Morgan fingerprint density at radius 2 is 1.94 bits per heavy atom. The van der Waals surface area contributed by atoms with Crippen LogP contribution in [0.1, 0.15) is 50.9 Å². The third-order valence-corrected chi connectivity index (χ3v) is 3.29. The summed E-state index contributed by atoms with van der Waals surface area (Å²) >= 11 is 0. The molecule has 0 fully saturated rings. The lowest BCUT2D eigenvalue weighted by Crippen LogP contribution is -2.29. The Morgan fingerprint density at radius 3 is 2.44 bits per heavy atom. The van der Waals surface area contributed by atoms with E-state index in [-0.39, 0.29) is 0 Å². The van der Waals surface area contributed by atoms with E-state index < -0.39 is 0 Å². The molecule has 0 spiro atoms. The van der Waals surface area contributed by atoms with Crippen LogP contribution in [0.25, 0.3) is 0 Å². The highest BCUT2D eigenvalue weighted by Crippen LogP contribution is 2.27. The van der Waals surface area contributed by atoms with Gasteiger partial charge in [-0.05, 0) is 31.0 Å². The zero-order valence-electron chi connectivity index (χ0n) is 11.0. The van der Waals surface area contributed by atoms with E-state index in [4.69, 9.17) is 0 Å². The van der Waals surface area contributed by atoms with Gasteiger partial charge in [0.05, 0.1) is 11.7 Å². The number of rotatable bonds is 6. The third-order valence-electron chi connectivity index (χ3n) is 3.29. The average molecular weight is 220 g/mol. The zero-order chi connectivity index (χ0) is 12.0. The van der Waals surface area contributed by atoms with Gasteiger partial charge < -0.3 is 5.32 Å². The van der Waals surface area contributed by atoms with Gasteiger partial charge in [-0.1, -0.05) is 39.7 Å². The van der Waals surface area contributed by atoms with Crippen LogP contribution in [-0.2, 0) is 0 Å².